The minimum absolute atomic E-state index is 0.0910. The molecule has 0 saturated carbocycles. The third-order valence-corrected chi connectivity index (χ3v) is 6.99. The molecule has 0 radical (unpaired) electrons. The first-order valence-electron chi connectivity index (χ1n) is 9.33. The van der Waals surface area contributed by atoms with Crippen LogP contribution in [0.1, 0.15) is 11.3 Å². The fourth-order valence-electron chi connectivity index (χ4n) is 3.41. The smallest absolute Gasteiger partial charge is 0.276 e. The van der Waals surface area contributed by atoms with Crippen molar-refractivity contribution in [1.82, 2.24) is 9.46 Å². The number of ether oxygens (including phenoxy) is 1. The predicted octanol–water partition coefficient (Wildman–Crippen LogP) is 3.07. The molecule has 3 aromatic rings. The molecule has 8 nitrogen and oxygen atoms in total. The highest BCUT2D eigenvalue weighted by molar-refractivity contribution is 7.89. The van der Waals surface area contributed by atoms with Crippen molar-refractivity contribution < 1.29 is 22.1 Å². The van der Waals surface area contributed by atoms with Gasteiger partial charge < -0.3 is 18.6 Å². The Labute approximate surface area is 169 Å². The number of piperazine rings is 1. The van der Waals surface area contributed by atoms with Crippen LogP contribution in [0.2, 0.25) is 0 Å². The van der Waals surface area contributed by atoms with Crippen LogP contribution in [0.15, 0.2) is 50.4 Å². The van der Waals surface area contributed by atoms with Gasteiger partial charge in [-0.15, -0.1) is 0 Å². The SMILES string of the molecule is COc1ccccc1N1CCN(S(=O)(=O)c2ccc(-c3onc(C)c3C)o2)CC1. The van der Waals surface area contributed by atoms with Crippen molar-refractivity contribution in [2.45, 2.75) is 18.9 Å². The van der Waals surface area contributed by atoms with Gasteiger partial charge in [0.05, 0.1) is 18.5 Å². The highest BCUT2D eigenvalue weighted by Gasteiger charge is 2.32. The van der Waals surface area contributed by atoms with Crippen LogP contribution in [0.5, 0.6) is 5.75 Å². The Morgan fingerprint density at radius 2 is 1.76 bits per heavy atom. The monoisotopic (exact) mass is 417 g/mol. The molecule has 0 N–H and O–H groups in total. The van der Waals surface area contributed by atoms with Crippen LogP contribution in [-0.4, -0.2) is 51.2 Å². The second-order valence-electron chi connectivity index (χ2n) is 6.90. The van der Waals surface area contributed by atoms with E-state index in [0.717, 1.165) is 22.7 Å². The van der Waals surface area contributed by atoms with Gasteiger partial charge in [-0.2, -0.15) is 4.31 Å². The first-order valence-corrected chi connectivity index (χ1v) is 10.8. The normalized spacial score (nSPS) is 15.6. The molecular formula is C20H23N3O5S. The summed E-state index contributed by atoms with van der Waals surface area (Å²) in [6.07, 6.45) is 0. The molecule has 0 aliphatic carbocycles. The standard InChI is InChI=1S/C20H23N3O5S/c1-14-15(2)21-28-20(14)18-8-9-19(27-18)29(24,25)23-12-10-22(11-13-23)16-6-4-5-7-17(16)26-3/h4-9H,10-13H2,1-3H3. The molecule has 1 aromatic carbocycles. The second kappa shape index (κ2) is 7.57. The highest BCUT2D eigenvalue weighted by Crippen LogP contribution is 2.32. The van der Waals surface area contributed by atoms with Crippen molar-refractivity contribution in [2.75, 3.05) is 38.2 Å². The molecule has 9 heteroatoms. The van der Waals surface area contributed by atoms with E-state index in [1.807, 2.05) is 38.1 Å². The highest BCUT2D eigenvalue weighted by atomic mass is 32.2. The lowest BCUT2D eigenvalue weighted by atomic mass is 10.2. The number of hydrogen-bond donors (Lipinski definition) is 0. The van der Waals surface area contributed by atoms with Crippen LogP contribution in [-0.2, 0) is 10.0 Å². The lowest BCUT2D eigenvalue weighted by Gasteiger charge is -2.35. The fraction of sp³-hybridized carbons (Fsp3) is 0.350. The van der Waals surface area contributed by atoms with E-state index in [-0.39, 0.29) is 5.09 Å². The molecule has 29 heavy (non-hydrogen) atoms. The van der Waals surface area contributed by atoms with Gasteiger partial charge in [0.1, 0.15) is 5.75 Å². The maximum Gasteiger partial charge on any atom is 0.276 e. The molecule has 1 saturated heterocycles. The number of benzene rings is 1. The Kier molecular flexibility index (Phi) is 5.10. The fourth-order valence-corrected chi connectivity index (χ4v) is 4.75. The summed E-state index contributed by atoms with van der Waals surface area (Å²) in [5.41, 5.74) is 2.53. The van der Waals surface area contributed by atoms with E-state index in [2.05, 4.69) is 10.1 Å². The number of aryl methyl sites for hydroxylation is 1. The minimum Gasteiger partial charge on any atom is -0.495 e. The molecule has 0 bridgehead atoms. The average molecular weight is 417 g/mol. The number of rotatable bonds is 5. The third kappa shape index (κ3) is 3.51. The molecular weight excluding hydrogens is 394 g/mol. The van der Waals surface area contributed by atoms with Gasteiger partial charge in [0, 0.05) is 31.7 Å². The first kappa shape index (κ1) is 19.5. The minimum atomic E-state index is -3.73. The van der Waals surface area contributed by atoms with Crippen LogP contribution in [0.3, 0.4) is 0 Å². The Bertz CT molecular complexity index is 1110. The van der Waals surface area contributed by atoms with Gasteiger partial charge in [-0.05, 0) is 38.1 Å². The van der Waals surface area contributed by atoms with Crippen molar-refractivity contribution in [1.29, 1.82) is 0 Å². The summed E-state index contributed by atoms with van der Waals surface area (Å²) in [5.74, 6) is 1.58. The Morgan fingerprint density at radius 1 is 1.03 bits per heavy atom. The van der Waals surface area contributed by atoms with Crippen molar-refractivity contribution in [2.24, 2.45) is 0 Å². The van der Waals surface area contributed by atoms with Crippen molar-refractivity contribution in [3.8, 4) is 17.3 Å². The summed E-state index contributed by atoms with van der Waals surface area (Å²) < 4.78 is 43.8. The van der Waals surface area contributed by atoms with Gasteiger partial charge >= 0.3 is 0 Å². The van der Waals surface area contributed by atoms with E-state index >= 15 is 0 Å². The van der Waals surface area contributed by atoms with E-state index in [0.29, 0.717) is 37.7 Å². The van der Waals surface area contributed by atoms with Gasteiger partial charge in [-0.25, -0.2) is 8.42 Å². The zero-order chi connectivity index (χ0) is 20.6. The number of sulfonamides is 1. The summed E-state index contributed by atoms with van der Waals surface area (Å²) in [6.45, 7) is 5.52. The molecule has 1 aliphatic rings. The Hall–Kier alpha value is -2.78. The van der Waals surface area contributed by atoms with Crippen LogP contribution < -0.4 is 9.64 Å². The van der Waals surface area contributed by atoms with Crippen molar-refractivity contribution >= 4 is 15.7 Å². The number of hydrogen-bond acceptors (Lipinski definition) is 7. The maximum absolute atomic E-state index is 13.0. The predicted molar refractivity (Wildman–Crippen MR) is 108 cm³/mol. The van der Waals surface area contributed by atoms with E-state index in [4.69, 9.17) is 13.7 Å². The summed E-state index contributed by atoms with van der Waals surface area (Å²) in [5, 5.41) is 3.80. The van der Waals surface area contributed by atoms with E-state index in [9.17, 15) is 8.42 Å². The molecule has 154 valence electrons. The molecule has 0 unspecified atom stereocenters. The van der Waals surface area contributed by atoms with Gasteiger partial charge in [0.2, 0.25) is 10.9 Å². The number of nitrogens with zero attached hydrogens (tertiary/aromatic N) is 3. The van der Waals surface area contributed by atoms with E-state index in [1.165, 1.54) is 10.4 Å². The second-order valence-corrected chi connectivity index (χ2v) is 8.77. The van der Waals surface area contributed by atoms with E-state index < -0.39 is 10.0 Å². The number of para-hydroxylation sites is 2. The molecule has 2 aromatic heterocycles. The summed E-state index contributed by atoms with van der Waals surface area (Å²) in [4.78, 5) is 2.12. The summed E-state index contributed by atoms with van der Waals surface area (Å²) in [6, 6.07) is 10.8. The number of anilines is 1. The van der Waals surface area contributed by atoms with Gasteiger partial charge in [-0.3, -0.25) is 0 Å². The molecule has 1 aliphatic heterocycles. The zero-order valence-electron chi connectivity index (χ0n) is 16.6. The van der Waals surface area contributed by atoms with Gasteiger partial charge in [0.15, 0.2) is 5.76 Å². The quantitative estimate of drug-likeness (QED) is 0.630. The Balaban J connectivity index is 1.50. The lowest BCUT2D eigenvalue weighted by Crippen LogP contribution is -2.48. The summed E-state index contributed by atoms with van der Waals surface area (Å²) >= 11 is 0. The van der Waals surface area contributed by atoms with Gasteiger partial charge in [-0.1, -0.05) is 17.3 Å². The average Bonchev–Trinajstić information content (AvgIpc) is 3.36. The molecule has 0 amide bonds. The third-order valence-electron chi connectivity index (χ3n) is 5.22. The molecule has 0 atom stereocenters. The van der Waals surface area contributed by atoms with Crippen molar-refractivity contribution in [3.63, 3.8) is 0 Å². The largest absolute Gasteiger partial charge is 0.495 e. The van der Waals surface area contributed by atoms with Crippen LogP contribution in [0, 0.1) is 13.8 Å². The molecule has 4 rings (SSSR count). The van der Waals surface area contributed by atoms with Crippen LogP contribution in [0.4, 0.5) is 5.69 Å². The molecule has 1 fully saturated rings. The topological polar surface area (TPSA) is 89.0 Å². The number of methoxy groups -OCH3 is 1. The summed E-state index contributed by atoms with van der Waals surface area (Å²) in [7, 11) is -2.10. The lowest BCUT2D eigenvalue weighted by molar-refractivity contribution is 0.356. The zero-order valence-corrected chi connectivity index (χ0v) is 17.4. The number of aromatic nitrogens is 1. The molecule has 0 spiro atoms. The molecule has 3 heterocycles. The first-order chi connectivity index (χ1) is 13.9. The van der Waals surface area contributed by atoms with Crippen LogP contribution in [0.25, 0.3) is 11.5 Å². The van der Waals surface area contributed by atoms with Crippen molar-refractivity contribution in [3.05, 3.63) is 47.7 Å². The Morgan fingerprint density at radius 3 is 2.41 bits per heavy atom. The van der Waals surface area contributed by atoms with Gasteiger partial charge in [0.25, 0.3) is 10.0 Å². The van der Waals surface area contributed by atoms with E-state index in [1.54, 1.807) is 13.2 Å². The number of furan rings is 1. The maximum atomic E-state index is 13.0. The van der Waals surface area contributed by atoms with Crippen LogP contribution >= 0.6 is 0 Å².